The van der Waals surface area contributed by atoms with Crippen LogP contribution in [0.2, 0.25) is 0 Å². The smallest absolute Gasteiger partial charge is 0.308 e. The first-order valence-corrected chi connectivity index (χ1v) is 5.30. The van der Waals surface area contributed by atoms with E-state index in [1.807, 2.05) is 11.8 Å². The summed E-state index contributed by atoms with van der Waals surface area (Å²) in [7, 11) is 0. The van der Waals surface area contributed by atoms with Crippen molar-refractivity contribution in [2.24, 2.45) is 11.8 Å². The third kappa shape index (κ3) is 1.57. The van der Waals surface area contributed by atoms with E-state index in [0.717, 1.165) is 11.7 Å². The topological polar surface area (TPSA) is 66.3 Å². The zero-order chi connectivity index (χ0) is 10.1. The predicted octanol–water partition coefficient (Wildman–Crippen LogP) is 0.695. The van der Waals surface area contributed by atoms with Gasteiger partial charge in [-0.05, 0) is 5.92 Å². The maximum Gasteiger partial charge on any atom is 0.308 e. The summed E-state index contributed by atoms with van der Waals surface area (Å²) in [5.74, 6) is -0.820. The lowest BCUT2D eigenvalue weighted by Crippen LogP contribution is -2.22. The molecule has 1 aliphatic rings. The van der Waals surface area contributed by atoms with Crippen molar-refractivity contribution in [2.45, 2.75) is 6.92 Å². The minimum absolute atomic E-state index is 0.177. The molecule has 2 heterocycles. The summed E-state index contributed by atoms with van der Waals surface area (Å²) in [6.45, 7) is 3.26. The molecule has 14 heavy (non-hydrogen) atoms. The van der Waals surface area contributed by atoms with Crippen LogP contribution >= 0.6 is 11.3 Å². The Morgan fingerprint density at radius 1 is 1.71 bits per heavy atom. The van der Waals surface area contributed by atoms with E-state index in [0.29, 0.717) is 6.54 Å². The molecule has 0 aromatic carbocycles. The first-order chi connectivity index (χ1) is 6.68. The van der Waals surface area contributed by atoms with E-state index in [1.54, 1.807) is 5.51 Å². The molecule has 0 bridgehead atoms. The van der Waals surface area contributed by atoms with Crippen LogP contribution in [-0.2, 0) is 4.79 Å². The monoisotopic (exact) mass is 213 g/mol. The van der Waals surface area contributed by atoms with Gasteiger partial charge < -0.3 is 10.0 Å². The Kier molecular flexibility index (Phi) is 2.37. The van der Waals surface area contributed by atoms with Crippen LogP contribution in [0.5, 0.6) is 0 Å². The number of anilines is 1. The molecule has 5 nitrogen and oxygen atoms in total. The Hall–Kier alpha value is -1.17. The van der Waals surface area contributed by atoms with Crippen molar-refractivity contribution in [3.05, 3.63) is 5.51 Å². The molecule has 2 rings (SSSR count). The van der Waals surface area contributed by atoms with Crippen LogP contribution in [0.25, 0.3) is 0 Å². The van der Waals surface area contributed by atoms with Gasteiger partial charge in [0.05, 0.1) is 5.92 Å². The van der Waals surface area contributed by atoms with Gasteiger partial charge in [0.1, 0.15) is 5.51 Å². The molecule has 6 heteroatoms. The van der Waals surface area contributed by atoms with Gasteiger partial charge in [-0.25, -0.2) is 0 Å². The highest BCUT2D eigenvalue weighted by Crippen LogP contribution is 2.28. The second-order valence-corrected chi connectivity index (χ2v) is 4.36. The van der Waals surface area contributed by atoms with Gasteiger partial charge in [0, 0.05) is 13.1 Å². The number of hydrogen-bond donors (Lipinski definition) is 1. The highest BCUT2D eigenvalue weighted by molar-refractivity contribution is 7.13. The molecule has 1 aromatic heterocycles. The van der Waals surface area contributed by atoms with E-state index < -0.39 is 5.97 Å². The largest absolute Gasteiger partial charge is 0.481 e. The van der Waals surface area contributed by atoms with Gasteiger partial charge >= 0.3 is 5.97 Å². The molecule has 0 spiro atoms. The minimum atomic E-state index is -0.718. The highest BCUT2D eigenvalue weighted by Gasteiger charge is 2.35. The summed E-state index contributed by atoms with van der Waals surface area (Å²) in [6, 6.07) is 0. The van der Waals surface area contributed by atoms with Crippen molar-refractivity contribution >= 4 is 22.4 Å². The maximum absolute atomic E-state index is 10.9. The number of carboxylic acids is 1. The summed E-state index contributed by atoms with van der Waals surface area (Å²) in [5, 5.41) is 17.4. The molecule has 76 valence electrons. The van der Waals surface area contributed by atoms with Crippen molar-refractivity contribution in [3.8, 4) is 0 Å². The molecular weight excluding hydrogens is 202 g/mol. The molecule has 1 aromatic rings. The first-order valence-electron chi connectivity index (χ1n) is 4.42. The lowest BCUT2D eigenvalue weighted by molar-refractivity contribution is -0.142. The lowest BCUT2D eigenvalue weighted by atomic mass is 9.99. The van der Waals surface area contributed by atoms with Crippen LogP contribution in [-0.4, -0.2) is 34.4 Å². The third-order valence-electron chi connectivity index (χ3n) is 2.55. The standard InChI is InChI=1S/C8H11N3O2S/c1-5-2-11(3-6(5)7(12)13)8-10-9-4-14-8/h4-6H,2-3H2,1H3,(H,12,13)/t5-,6-/m1/s1. The zero-order valence-electron chi connectivity index (χ0n) is 7.75. The van der Waals surface area contributed by atoms with Crippen molar-refractivity contribution < 1.29 is 9.90 Å². The van der Waals surface area contributed by atoms with Gasteiger partial charge in [0.15, 0.2) is 0 Å². The number of aliphatic carboxylic acids is 1. The molecule has 1 N–H and O–H groups in total. The molecule has 0 radical (unpaired) electrons. The van der Waals surface area contributed by atoms with E-state index in [2.05, 4.69) is 10.2 Å². The summed E-state index contributed by atoms with van der Waals surface area (Å²) in [4.78, 5) is 12.9. The van der Waals surface area contributed by atoms with Crippen LogP contribution in [0.1, 0.15) is 6.92 Å². The fraction of sp³-hybridized carbons (Fsp3) is 0.625. The van der Waals surface area contributed by atoms with Crippen LogP contribution in [0, 0.1) is 11.8 Å². The SMILES string of the molecule is C[C@@H]1CN(c2nncs2)C[C@H]1C(=O)O. The van der Waals surface area contributed by atoms with Gasteiger partial charge in [-0.1, -0.05) is 18.3 Å². The van der Waals surface area contributed by atoms with E-state index in [-0.39, 0.29) is 11.8 Å². The number of nitrogens with zero attached hydrogens (tertiary/aromatic N) is 3. The first kappa shape index (κ1) is 9.39. The molecule has 1 aliphatic heterocycles. The van der Waals surface area contributed by atoms with E-state index in [4.69, 9.17) is 5.11 Å². The van der Waals surface area contributed by atoms with Gasteiger partial charge in [-0.15, -0.1) is 10.2 Å². The van der Waals surface area contributed by atoms with E-state index in [1.165, 1.54) is 11.3 Å². The maximum atomic E-state index is 10.9. The Morgan fingerprint density at radius 2 is 2.50 bits per heavy atom. The number of carbonyl (C=O) groups is 1. The fourth-order valence-corrected chi connectivity index (χ4v) is 2.33. The van der Waals surface area contributed by atoms with Crippen LogP contribution < -0.4 is 4.90 Å². The molecule has 1 saturated heterocycles. The average molecular weight is 213 g/mol. The van der Waals surface area contributed by atoms with Gasteiger partial charge in [-0.3, -0.25) is 4.79 Å². The number of aromatic nitrogens is 2. The van der Waals surface area contributed by atoms with Crippen molar-refractivity contribution in [2.75, 3.05) is 18.0 Å². The van der Waals surface area contributed by atoms with Gasteiger partial charge in [0.25, 0.3) is 0 Å². The number of hydrogen-bond acceptors (Lipinski definition) is 5. The van der Waals surface area contributed by atoms with Gasteiger partial charge in [-0.2, -0.15) is 0 Å². The summed E-state index contributed by atoms with van der Waals surface area (Å²) in [5.41, 5.74) is 1.66. The molecule has 1 fully saturated rings. The molecule has 0 saturated carbocycles. The molecule has 0 unspecified atom stereocenters. The lowest BCUT2D eigenvalue weighted by Gasteiger charge is -2.12. The fourth-order valence-electron chi connectivity index (χ4n) is 1.75. The normalized spacial score (nSPS) is 26.8. The van der Waals surface area contributed by atoms with Crippen molar-refractivity contribution in [1.29, 1.82) is 0 Å². The zero-order valence-corrected chi connectivity index (χ0v) is 8.57. The number of rotatable bonds is 2. The Bertz CT molecular complexity index is 327. The van der Waals surface area contributed by atoms with Crippen molar-refractivity contribution in [3.63, 3.8) is 0 Å². The molecule has 2 atom stereocenters. The third-order valence-corrected chi connectivity index (χ3v) is 3.30. The van der Waals surface area contributed by atoms with Crippen molar-refractivity contribution in [1.82, 2.24) is 10.2 Å². The summed E-state index contributed by atoms with van der Waals surface area (Å²) < 4.78 is 0. The Labute approximate surface area is 85.4 Å². The summed E-state index contributed by atoms with van der Waals surface area (Å²) in [6.07, 6.45) is 0. The molecule has 0 amide bonds. The van der Waals surface area contributed by atoms with Gasteiger partial charge in [0.2, 0.25) is 5.13 Å². The van der Waals surface area contributed by atoms with Crippen LogP contribution in [0.4, 0.5) is 5.13 Å². The molecular formula is C8H11N3O2S. The Balaban J connectivity index is 2.10. The molecule has 0 aliphatic carbocycles. The Morgan fingerprint density at radius 3 is 3.00 bits per heavy atom. The second kappa shape index (κ2) is 3.53. The predicted molar refractivity (Wildman–Crippen MR) is 52.4 cm³/mol. The minimum Gasteiger partial charge on any atom is -0.481 e. The second-order valence-electron chi connectivity index (χ2n) is 3.55. The quantitative estimate of drug-likeness (QED) is 0.783. The van der Waals surface area contributed by atoms with E-state index >= 15 is 0 Å². The highest BCUT2D eigenvalue weighted by atomic mass is 32.1. The van der Waals surface area contributed by atoms with E-state index in [9.17, 15) is 4.79 Å². The van der Waals surface area contributed by atoms with Crippen LogP contribution in [0.15, 0.2) is 5.51 Å². The average Bonchev–Trinajstić information content (AvgIpc) is 2.70. The summed E-state index contributed by atoms with van der Waals surface area (Å²) >= 11 is 1.45. The number of carboxylic acid groups (broad SMARTS) is 1. The van der Waals surface area contributed by atoms with Crippen LogP contribution in [0.3, 0.4) is 0 Å².